The van der Waals surface area contributed by atoms with Crippen LogP contribution in [0.25, 0.3) is 16.7 Å². The van der Waals surface area contributed by atoms with Crippen molar-refractivity contribution in [3.63, 3.8) is 0 Å². The average molecular weight is 479 g/mol. The first-order valence-electron chi connectivity index (χ1n) is 11.0. The number of carbonyl (C=O) groups is 1. The number of nitrogens with two attached hydrogens (primary N) is 1. The fraction of sp³-hybridized carbons (Fsp3) is 0.304. The second-order valence-electron chi connectivity index (χ2n) is 8.04. The smallest absolute Gasteiger partial charge is 0.240 e. The largest absolute Gasteiger partial charge is 0.493 e. The highest BCUT2D eigenvalue weighted by atomic mass is 16.5. The van der Waals surface area contributed by atoms with Gasteiger partial charge >= 0.3 is 0 Å². The molecule has 1 aliphatic rings. The Kier molecular flexibility index (Phi) is 5.77. The Labute approximate surface area is 201 Å². The lowest BCUT2D eigenvalue weighted by atomic mass is 10.2. The number of H-pyrrole nitrogens is 1. The van der Waals surface area contributed by atoms with Gasteiger partial charge in [-0.2, -0.15) is 4.98 Å². The van der Waals surface area contributed by atoms with Gasteiger partial charge in [-0.3, -0.25) is 4.79 Å². The second kappa shape index (κ2) is 9.05. The number of methoxy groups -OCH3 is 3. The molecule has 1 aliphatic heterocycles. The van der Waals surface area contributed by atoms with Crippen molar-refractivity contribution in [1.82, 2.24) is 24.5 Å². The Hall–Kier alpha value is -4.48. The predicted octanol–water partition coefficient (Wildman–Crippen LogP) is 2.37. The summed E-state index contributed by atoms with van der Waals surface area (Å²) < 4.78 is 18.1. The zero-order valence-electron chi connectivity index (χ0n) is 19.6. The molecule has 12 heteroatoms. The number of carbonyl (C=O) groups excluding carboxylic acids is 1. The maximum Gasteiger partial charge on any atom is 0.240 e. The quantitative estimate of drug-likeness (QED) is 0.347. The summed E-state index contributed by atoms with van der Waals surface area (Å²) in [4.78, 5) is 30.8. The number of ether oxygens (including phenoxy) is 3. The number of aromatic amines is 1. The van der Waals surface area contributed by atoms with Crippen LogP contribution in [0.3, 0.4) is 0 Å². The highest BCUT2D eigenvalue weighted by molar-refractivity contribution is 5.91. The SMILES string of the molecule is COc1cc(-n2cnc(Nc3nc(N4CCC[C@H]4C(N)=O)c4[nH]ccc4n3)c2)cc(OC)c1OC. The average Bonchev–Trinajstić information content (AvgIpc) is 3.63. The molecule has 0 saturated carbocycles. The van der Waals surface area contributed by atoms with Crippen LogP contribution < -0.4 is 30.2 Å². The van der Waals surface area contributed by atoms with Crippen molar-refractivity contribution in [2.75, 3.05) is 38.1 Å². The maximum absolute atomic E-state index is 12.0. The van der Waals surface area contributed by atoms with Gasteiger partial charge in [-0.05, 0) is 18.9 Å². The molecule has 0 bridgehead atoms. The minimum absolute atomic E-state index is 0.359. The van der Waals surface area contributed by atoms with Gasteiger partial charge in [-0.15, -0.1) is 0 Å². The summed E-state index contributed by atoms with van der Waals surface area (Å²) in [6, 6.07) is 5.11. The lowest BCUT2D eigenvalue weighted by Gasteiger charge is -2.24. The summed E-state index contributed by atoms with van der Waals surface area (Å²) in [5, 5.41) is 3.17. The fourth-order valence-corrected chi connectivity index (χ4v) is 4.37. The third-order valence-corrected chi connectivity index (χ3v) is 6.01. The minimum atomic E-state index is -0.400. The lowest BCUT2D eigenvalue weighted by molar-refractivity contribution is -0.119. The normalized spacial score (nSPS) is 15.4. The summed E-state index contributed by atoms with van der Waals surface area (Å²) in [6.07, 6.45) is 6.81. The Morgan fingerprint density at radius 1 is 1.17 bits per heavy atom. The van der Waals surface area contributed by atoms with Crippen LogP contribution >= 0.6 is 0 Å². The lowest BCUT2D eigenvalue weighted by Crippen LogP contribution is -2.41. The van der Waals surface area contributed by atoms with E-state index in [0.717, 1.165) is 23.1 Å². The molecule has 3 aromatic heterocycles. The summed E-state index contributed by atoms with van der Waals surface area (Å²) in [5.74, 6) is 2.74. The molecule has 0 radical (unpaired) electrons. The third kappa shape index (κ3) is 4.03. The van der Waals surface area contributed by atoms with Gasteiger partial charge in [0, 0.05) is 24.9 Å². The zero-order chi connectivity index (χ0) is 24.5. The van der Waals surface area contributed by atoms with Crippen LogP contribution in [0.2, 0.25) is 0 Å². The van der Waals surface area contributed by atoms with Crippen molar-refractivity contribution in [3.05, 3.63) is 36.9 Å². The topological polar surface area (TPSA) is 145 Å². The molecule has 1 atom stereocenters. The first-order valence-corrected chi connectivity index (χ1v) is 11.0. The number of hydrogen-bond donors (Lipinski definition) is 3. The second-order valence-corrected chi connectivity index (χ2v) is 8.04. The number of hydrogen-bond acceptors (Lipinski definition) is 9. The molecule has 35 heavy (non-hydrogen) atoms. The molecule has 5 rings (SSSR count). The molecule has 1 amide bonds. The van der Waals surface area contributed by atoms with Crippen LogP contribution in [-0.2, 0) is 4.79 Å². The number of nitrogens with zero attached hydrogens (tertiary/aromatic N) is 5. The van der Waals surface area contributed by atoms with E-state index >= 15 is 0 Å². The summed E-state index contributed by atoms with van der Waals surface area (Å²) in [6.45, 7) is 0.688. The maximum atomic E-state index is 12.0. The van der Waals surface area contributed by atoms with Gasteiger partial charge in [0.25, 0.3) is 0 Å². The molecule has 1 aromatic carbocycles. The first-order chi connectivity index (χ1) is 17.0. The Morgan fingerprint density at radius 2 is 1.94 bits per heavy atom. The number of benzene rings is 1. The van der Waals surface area contributed by atoms with Crippen molar-refractivity contribution >= 4 is 34.5 Å². The monoisotopic (exact) mass is 478 g/mol. The van der Waals surface area contributed by atoms with E-state index in [0.29, 0.717) is 47.8 Å². The van der Waals surface area contributed by atoms with E-state index in [2.05, 4.69) is 20.3 Å². The van der Waals surface area contributed by atoms with Gasteiger partial charge in [0.1, 0.15) is 17.9 Å². The van der Waals surface area contributed by atoms with Gasteiger partial charge in [0.15, 0.2) is 23.1 Å². The number of imidazole rings is 1. The number of amides is 1. The number of nitrogens with one attached hydrogen (secondary N) is 2. The molecule has 182 valence electrons. The molecular weight excluding hydrogens is 452 g/mol. The fourth-order valence-electron chi connectivity index (χ4n) is 4.37. The molecule has 0 unspecified atom stereocenters. The van der Waals surface area contributed by atoms with Crippen LogP contribution in [0.5, 0.6) is 17.2 Å². The summed E-state index contributed by atoms with van der Waals surface area (Å²) in [5.41, 5.74) is 7.88. The molecule has 4 heterocycles. The van der Waals surface area contributed by atoms with E-state index in [9.17, 15) is 4.79 Å². The highest BCUT2D eigenvalue weighted by Gasteiger charge is 2.32. The molecule has 12 nitrogen and oxygen atoms in total. The van der Waals surface area contributed by atoms with E-state index in [4.69, 9.17) is 24.9 Å². The van der Waals surface area contributed by atoms with E-state index in [1.165, 1.54) is 0 Å². The van der Waals surface area contributed by atoms with Gasteiger partial charge < -0.3 is 39.7 Å². The third-order valence-electron chi connectivity index (χ3n) is 6.01. The number of fused-ring (bicyclic) bond motifs is 1. The van der Waals surface area contributed by atoms with Gasteiger partial charge in [-0.25, -0.2) is 9.97 Å². The molecule has 4 aromatic rings. The minimum Gasteiger partial charge on any atom is -0.493 e. The summed E-state index contributed by atoms with van der Waals surface area (Å²) in [7, 11) is 4.69. The van der Waals surface area contributed by atoms with Crippen molar-refractivity contribution < 1.29 is 19.0 Å². The molecule has 4 N–H and O–H groups in total. The van der Waals surface area contributed by atoms with Crippen molar-refractivity contribution in [3.8, 4) is 22.9 Å². The van der Waals surface area contributed by atoms with E-state index in [1.54, 1.807) is 40.1 Å². The predicted molar refractivity (Wildman–Crippen MR) is 130 cm³/mol. The van der Waals surface area contributed by atoms with Crippen LogP contribution in [-0.4, -0.2) is 64.3 Å². The Bertz CT molecular complexity index is 1360. The number of rotatable bonds is 8. The van der Waals surface area contributed by atoms with Crippen LogP contribution in [0.1, 0.15) is 12.8 Å². The molecule has 1 saturated heterocycles. The summed E-state index contributed by atoms with van der Waals surface area (Å²) >= 11 is 0. The van der Waals surface area contributed by atoms with Gasteiger partial charge in [0.05, 0.1) is 38.7 Å². The van der Waals surface area contributed by atoms with Crippen LogP contribution in [0, 0.1) is 0 Å². The van der Waals surface area contributed by atoms with E-state index in [-0.39, 0.29) is 5.91 Å². The number of primary amides is 1. The number of aromatic nitrogens is 5. The highest BCUT2D eigenvalue weighted by Crippen LogP contribution is 2.39. The van der Waals surface area contributed by atoms with Gasteiger partial charge in [-0.1, -0.05) is 0 Å². The Balaban J connectivity index is 1.47. The Morgan fingerprint density at radius 3 is 2.63 bits per heavy atom. The van der Waals surface area contributed by atoms with Crippen LogP contribution in [0.4, 0.5) is 17.6 Å². The van der Waals surface area contributed by atoms with Crippen LogP contribution in [0.15, 0.2) is 36.9 Å². The zero-order valence-corrected chi connectivity index (χ0v) is 19.6. The standard InChI is InChI=1S/C23H26N8O4/c1-33-16-9-13(10-17(34-2)20(16)35-3)30-11-18(26-12-30)28-23-27-14-6-7-25-19(14)22(29-23)31-8-4-5-15(31)21(24)32/h6-7,9-12,15,25H,4-5,8H2,1-3H3,(H2,24,32)(H,27,28,29)/t15-/m0/s1. The first kappa shape index (κ1) is 22.3. The molecule has 1 fully saturated rings. The molecular formula is C23H26N8O4. The van der Waals surface area contributed by atoms with E-state index in [1.807, 2.05) is 27.7 Å². The molecule has 0 spiro atoms. The molecule has 0 aliphatic carbocycles. The van der Waals surface area contributed by atoms with Crippen molar-refractivity contribution in [2.45, 2.75) is 18.9 Å². The number of anilines is 3. The van der Waals surface area contributed by atoms with Crippen molar-refractivity contribution in [1.29, 1.82) is 0 Å². The van der Waals surface area contributed by atoms with E-state index < -0.39 is 6.04 Å². The van der Waals surface area contributed by atoms with Gasteiger partial charge in [0.2, 0.25) is 17.6 Å². The van der Waals surface area contributed by atoms with Crippen molar-refractivity contribution in [2.24, 2.45) is 5.73 Å².